The highest BCUT2D eigenvalue weighted by atomic mass is 16.5. The summed E-state index contributed by atoms with van der Waals surface area (Å²) in [6, 6.07) is 7.80. The van der Waals surface area contributed by atoms with Gasteiger partial charge in [0.2, 0.25) is 0 Å². The molecule has 0 spiro atoms. The summed E-state index contributed by atoms with van der Waals surface area (Å²) in [7, 11) is 1.93. The molecule has 1 aromatic rings. The molecule has 110 valence electrons. The Kier molecular flexibility index (Phi) is 4.98. The molecular weight excluding hydrogens is 258 g/mol. The second-order valence-electron chi connectivity index (χ2n) is 5.05. The van der Waals surface area contributed by atoms with Gasteiger partial charge in [-0.25, -0.2) is 0 Å². The molecule has 0 amide bonds. The lowest BCUT2D eigenvalue weighted by Gasteiger charge is -2.26. The van der Waals surface area contributed by atoms with Crippen LogP contribution in [-0.4, -0.2) is 48.9 Å². The van der Waals surface area contributed by atoms with E-state index in [0.29, 0.717) is 26.4 Å². The van der Waals surface area contributed by atoms with Gasteiger partial charge in [0.15, 0.2) is 0 Å². The molecule has 0 aromatic heterocycles. The van der Waals surface area contributed by atoms with Gasteiger partial charge in [-0.2, -0.15) is 0 Å². The lowest BCUT2D eigenvalue weighted by molar-refractivity contribution is -0.143. The van der Waals surface area contributed by atoms with Gasteiger partial charge in [0, 0.05) is 12.6 Å². The first kappa shape index (κ1) is 14.8. The minimum atomic E-state index is -0.789. The zero-order valence-corrected chi connectivity index (χ0v) is 11.9. The van der Waals surface area contributed by atoms with Crippen molar-refractivity contribution in [2.75, 3.05) is 26.9 Å². The molecule has 5 heteroatoms. The number of hydrogen-bond donors (Lipinski definition) is 1. The Bertz CT molecular complexity index is 463. The van der Waals surface area contributed by atoms with E-state index in [1.807, 2.05) is 43.1 Å². The van der Waals surface area contributed by atoms with Crippen molar-refractivity contribution in [2.45, 2.75) is 19.5 Å². The first-order chi connectivity index (χ1) is 9.61. The van der Waals surface area contributed by atoms with Crippen molar-refractivity contribution in [1.82, 2.24) is 4.90 Å². The molecule has 2 unspecified atom stereocenters. The zero-order valence-electron chi connectivity index (χ0n) is 11.9. The summed E-state index contributed by atoms with van der Waals surface area (Å²) in [5.41, 5.74) is 1.11. The van der Waals surface area contributed by atoms with Crippen molar-refractivity contribution in [3.63, 3.8) is 0 Å². The van der Waals surface area contributed by atoms with Crippen LogP contribution in [0.1, 0.15) is 12.5 Å². The minimum absolute atomic E-state index is 0.0803. The SMILES string of the molecule is CCOc1cccc(CN(C)C2COCC2C(=O)O)c1. The molecule has 5 nitrogen and oxygen atoms in total. The predicted molar refractivity (Wildman–Crippen MR) is 74.8 cm³/mol. The summed E-state index contributed by atoms with van der Waals surface area (Å²) in [6.07, 6.45) is 0. The summed E-state index contributed by atoms with van der Waals surface area (Å²) >= 11 is 0. The van der Waals surface area contributed by atoms with Crippen LogP contribution in [0.3, 0.4) is 0 Å². The van der Waals surface area contributed by atoms with Crippen LogP contribution < -0.4 is 4.74 Å². The normalized spacial score (nSPS) is 22.1. The second kappa shape index (κ2) is 6.72. The summed E-state index contributed by atoms with van der Waals surface area (Å²) in [5.74, 6) is -0.395. The van der Waals surface area contributed by atoms with Crippen LogP contribution in [-0.2, 0) is 16.1 Å². The van der Waals surface area contributed by atoms with E-state index in [1.165, 1.54) is 0 Å². The van der Waals surface area contributed by atoms with Gasteiger partial charge in [-0.3, -0.25) is 9.69 Å². The standard InChI is InChI=1S/C15H21NO4/c1-3-20-12-6-4-5-11(7-12)8-16(2)14-10-19-9-13(14)15(17)18/h4-7,13-14H,3,8-10H2,1-2H3,(H,17,18). The Morgan fingerprint density at radius 1 is 1.50 bits per heavy atom. The van der Waals surface area contributed by atoms with Gasteiger partial charge in [-0.1, -0.05) is 12.1 Å². The fraction of sp³-hybridized carbons (Fsp3) is 0.533. The van der Waals surface area contributed by atoms with Gasteiger partial charge in [-0.15, -0.1) is 0 Å². The zero-order chi connectivity index (χ0) is 14.5. The van der Waals surface area contributed by atoms with Gasteiger partial charge in [0.05, 0.1) is 25.7 Å². The van der Waals surface area contributed by atoms with E-state index in [0.717, 1.165) is 11.3 Å². The summed E-state index contributed by atoms with van der Waals surface area (Å²) in [6.45, 7) is 4.03. The number of likely N-dealkylation sites (N-methyl/N-ethyl adjacent to an activating group) is 1. The van der Waals surface area contributed by atoms with Gasteiger partial charge in [-0.05, 0) is 31.7 Å². The first-order valence-electron chi connectivity index (χ1n) is 6.84. The lowest BCUT2D eigenvalue weighted by atomic mass is 10.0. The monoisotopic (exact) mass is 279 g/mol. The molecule has 2 rings (SSSR count). The van der Waals surface area contributed by atoms with Crippen LogP contribution in [0, 0.1) is 5.92 Å². The van der Waals surface area contributed by atoms with Crippen molar-refractivity contribution in [3.05, 3.63) is 29.8 Å². The molecule has 0 aliphatic carbocycles. The summed E-state index contributed by atoms with van der Waals surface area (Å²) in [5, 5.41) is 9.19. The van der Waals surface area contributed by atoms with E-state index in [2.05, 4.69) is 0 Å². The number of ether oxygens (including phenoxy) is 2. The molecule has 1 saturated heterocycles. The Labute approximate surface area is 119 Å². The first-order valence-corrected chi connectivity index (χ1v) is 6.84. The summed E-state index contributed by atoms with van der Waals surface area (Å²) in [4.78, 5) is 13.2. The van der Waals surface area contributed by atoms with Crippen molar-refractivity contribution >= 4 is 5.97 Å². The molecule has 0 radical (unpaired) electrons. The summed E-state index contributed by atoms with van der Waals surface area (Å²) < 4.78 is 10.8. The van der Waals surface area contributed by atoms with Gasteiger partial charge >= 0.3 is 5.97 Å². The molecule has 20 heavy (non-hydrogen) atoms. The van der Waals surface area contributed by atoms with Crippen LogP contribution >= 0.6 is 0 Å². The Morgan fingerprint density at radius 3 is 3.00 bits per heavy atom. The number of hydrogen-bond acceptors (Lipinski definition) is 4. The number of benzene rings is 1. The number of aliphatic carboxylic acids is 1. The van der Waals surface area contributed by atoms with Crippen LogP contribution in [0.2, 0.25) is 0 Å². The maximum absolute atomic E-state index is 11.2. The lowest BCUT2D eigenvalue weighted by Crippen LogP contribution is -2.40. The molecule has 1 heterocycles. The number of rotatable bonds is 6. The van der Waals surface area contributed by atoms with E-state index in [4.69, 9.17) is 9.47 Å². The van der Waals surface area contributed by atoms with E-state index in [9.17, 15) is 9.90 Å². The fourth-order valence-electron chi connectivity index (χ4n) is 2.52. The third-order valence-corrected chi connectivity index (χ3v) is 3.58. The average molecular weight is 279 g/mol. The molecule has 0 saturated carbocycles. The second-order valence-corrected chi connectivity index (χ2v) is 5.05. The van der Waals surface area contributed by atoms with Gasteiger partial charge < -0.3 is 14.6 Å². The topological polar surface area (TPSA) is 59.0 Å². The quantitative estimate of drug-likeness (QED) is 0.857. The molecule has 0 bridgehead atoms. The molecule has 1 fully saturated rings. The van der Waals surface area contributed by atoms with E-state index < -0.39 is 11.9 Å². The Morgan fingerprint density at radius 2 is 2.30 bits per heavy atom. The van der Waals surface area contributed by atoms with Gasteiger partial charge in [0.1, 0.15) is 5.75 Å². The predicted octanol–water partition coefficient (Wildman–Crippen LogP) is 1.62. The number of carboxylic acids is 1. The third kappa shape index (κ3) is 3.49. The maximum Gasteiger partial charge on any atom is 0.310 e. The Balaban J connectivity index is 2.01. The molecule has 1 aliphatic heterocycles. The van der Waals surface area contributed by atoms with Crippen molar-refractivity contribution in [3.8, 4) is 5.75 Å². The average Bonchev–Trinajstić information content (AvgIpc) is 2.89. The molecular formula is C15H21NO4. The van der Waals surface area contributed by atoms with Crippen molar-refractivity contribution in [2.24, 2.45) is 5.92 Å². The highest BCUT2D eigenvalue weighted by Gasteiger charge is 2.36. The maximum atomic E-state index is 11.2. The highest BCUT2D eigenvalue weighted by Crippen LogP contribution is 2.22. The smallest absolute Gasteiger partial charge is 0.310 e. The molecule has 1 N–H and O–H groups in total. The third-order valence-electron chi connectivity index (χ3n) is 3.58. The number of carboxylic acid groups (broad SMARTS) is 1. The van der Waals surface area contributed by atoms with Crippen LogP contribution in [0.4, 0.5) is 0 Å². The molecule has 2 atom stereocenters. The fourth-order valence-corrected chi connectivity index (χ4v) is 2.52. The van der Waals surface area contributed by atoms with E-state index >= 15 is 0 Å². The van der Waals surface area contributed by atoms with E-state index in [-0.39, 0.29) is 6.04 Å². The van der Waals surface area contributed by atoms with Crippen LogP contribution in [0.25, 0.3) is 0 Å². The minimum Gasteiger partial charge on any atom is -0.494 e. The van der Waals surface area contributed by atoms with Crippen LogP contribution in [0.5, 0.6) is 5.75 Å². The van der Waals surface area contributed by atoms with E-state index in [1.54, 1.807) is 0 Å². The van der Waals surface area contributed by atoms with Crippen LogP contribution in [0.15, 0.2) is 24.3 Å². The van der Waals surface area contributed by atoms with Crippen molar-refractivity contribution in [1.29, 1.82) is 0 Å². The molecule has 1 aliphatic rings. The van der Waals surface area contributed by atoms with Gasteiger partial charge in [0.25, 0.3) is 0 Å². The number of nitrogens with zero attached hydrogens (tertiary/aromatic N) is 1. The largest absolute Gasteiger partial charge is 0.494 e. The van der Waals surface area contributed by atoms with Crippen molar-refractivity contribution < 1.29 is 19.4 Å². The highest BCUT2D eigenvalue weighted by molar-refractivity contribution is 5.71. The number of carbonyl (C=O) groups is 1. The Hall–Kier alpha value is -1.59. The molecule has 1 aromatic carbocycles.